The minimum atomic E-state index is 0.981. The van der Waals surface area contributed by atoms with Crippen molar-refractivity contribution in [3.05, 3.63) is 0 Å². The van der Waals surface area contributed by atoms with E-state index in [1.165, 1.54) is 12.8 Å². The summed E-state index contributed by atoms with van der Waals surface area (Å²) in [4.78, 5) is 0. The van der Waals surface area contributed by atoms with Crippen molar-refractivity contribution in [2.45, 2.75) is 30.3 Å². The average molecular weight is 106 g/mol. The lowest BCUT2D eigenvalue weighted by Gasteiger charge is -2.11. The van der Waals surface area contributed by atoms with Gasteiger partial charge in [0.2, 0.25) is 0 Å². The summed E-state index contributed by atoms with van der Waals surface area (Å²) < 4.78 is 0. The zero-order valence-electron chi connectivity index (χ0n) is 6.15. The molecule has 0 aromatic carbocycles. The van der Waals surface area contributed by atoms with Crippen molar-refractivity contribution in [1.82, 2.24) is 0 Å². The van der Waals surface area contributed by atoms with Crippen LogP contribution >= 0.6 is 0 Å². The Morgan fingerprint density at radius 3 is 1.38 bits per heavy atom. The molecule has 0 bridgehead atoms. The van der Waals surface area contributed by atoms with Gasteiger partial charge in [-0.2, -0.15) is 0 Å². The molecule has 2 atom stereocenters. The maximum Gasteiger partial charge on any atom is 0.104 e. The Morgan fingerprint density at radius 1 is 0.875 bits per heavy atom. The van der Waals surface area contributed by atoms with Crippen molar-refractivity contribution in [2.24, 2.45) is 0 Å². The van der Waals surface area contributed by atoms with Crippen LogP contribution in [0.25, 0.3) is 0 Å². The molecule has 1 rings (SSSR count). The predicted molar refractivity (Wildman–Crippen MR) is 46.1 cm³/mol. The van der Waals surface area contributed by atoms with E-state index < -0.39 is 0 Å². The Labute approximate surface area is 54.6 Å². The van der Waals surface area contributed by atoms with Gasteiger partial charge in [0.1, 0.15) is 23.5 Å². The van der Waals surface area contributed by atoms with E-state index in [0.717, 1.165) is 17.5 Å². The van der Waals surface area contributed by atoms with Crippen LogP contribution in [-0.2, 0) is 0 Å². The van der Waals surface area contributed by atoms with E-state index in [1.807, 2.05) is 0 Å². The van der Waals surface area contributed by atoms with Crippen LogP contribution in [0.4, 0.5) is 0 Å². The fraction of sp³-hybridized carbons (Fsp3) is 1.00. The summed E-state index contributed by atoms with van der Waals surface area (Å²) in [6.45, 7) is 0. The molecule has 1 aliphatic carbocycles. The zero-order chi connectivity index (χ0) is 6.15. The first-order valence-electron chi connectivity index (χ1n) is 3.72. The van der Waals surface area contributed by atoms with Gasteiger partial charge in [-0.05, 0) is 0 Å². The van der Waals surface area contributed by atoms with E-state index >= 15 is 0 Å². The molecule has 1 fully saturated rings. The summed E-state index contributed by atoms with van der Waals surface area (Å²) in [6, 6.07) is 0. The first kappa shape index (κ1) is 6.32. The molecule has 42 valence electrons. The second-order valence-electron chi connectivity index (χ2n) is 3.39. The summed E-state index contributed by atoms with van der Waals surface area (Å²) in [5.41, 5.74) is 0. The first-order valence-corrected chi connectivity index (χ1v) is 3.72. The van der Waals surface area contributed by atoms with E-state index in [-0.39, 0.29) is 0 Å². The van der Waals surface area contributed by atoms with Crippen LogP contribution in [0.3, 0.4) is 0 Å². The van der Waals surface area contributed by atoms with E-state index in [9.17, 15) is 0 Å². The third kappa shape index (κ3) is 0.960. The van der Waals surface area contributed by atoms with E-state index in [0.29, 0.717) is 0 Å². The van der Waals surface area contributed by atoms with E-state index in [4.69, 9.17) is 0 Å². The molecule has 0 spiro atoms. The molecule has 1 aliphatic rings. The number of rotatable bonds is 0. The van der Waals surface area contributed by atoms with Crippen LogP contribution < -0.4 is 0 Å². The van der Waals surface area contributed by atoms with Crippen molar-refractivity contribution >= 4 is 23.5 Å². The minimum Gasteiger partial charge on any atom is -0.0781 e. The summed E-state index contributed by atoms with van der Waals surface area (Å²) in [7, 11) is 7.12. The molecule has 0 heterocycles. The van der Waals surface area contributed by atoms with Gasteiger partial charge in [-0.1, -0.05) is 30.3 Å². The van der Waals surface area contributed by atoms with Gasteiger partial charge in [-0.3, -0.25) is 0 Å². The highest BCUT2D eigenvalue weighted by Gasteiger charge is 2.25. The highest BCUT2D eigenvalue weighted by atomic mass is 14.2. The molecule has 0 radical (unpaired) electrons. The molecular weight excluding hydrogens is 92.5 g/mol. The quantitative estimate of drug-likeness (QED) is 0.349. The van der Waals surface area contributed by atoms with Gasteiger partial charge in [0.05, 0.1) is 0 Å². The first-order chi connectivity index (χ1) is 3.72. The molecule has 0 saturated heterocycles. The summed E-state index contributed by atoms with van der Waals surface area (Å²) in [6.07, 6.45) is 2.92. The fourth-order valence-corrected chi connectivity index (χ4v) is 1.61. The molecule has 0 N–H and O–H groups in total. The topological polar surface area (TPSA) is 0 Å². The Morgan fingerprint density at radius 2 is 1.25 bits per heavy atom. The zero-order valence-corrected chi connectivity index (χ0v) is 6.15. The van der Waals surface area contributed by atoms with Crippen LogP contribution in [0.1, 0.15) is 12.8 Å². The summed E-state index contributed by atoms with van der Waals surface area (Å²) in [5.74, 6) is 2.96. The molecular formula is C5H13B3. The van der Waals surface area contributed by atoms with E-state index in [2.05, 4.69) is 23.5 Å². The van der Waals surface area contributed by atoms with Gasteiger partial charge in [0, 0.05) is 0 Å². The molecule has 3 heteroatoms. The Balaban J connectivity index is 2.44. The number of hydrogen-bond donors (Lipinski definition) is 0. The normalized spacial score (nSPS) is 47.2. The summed E-state index contributed by atoms with van der Waals surface area (Å²) >= 11 is 0. The molecule has 2 unspecified atom stereocenters. The van der Waals surface area contributed by atoms with Gasteiger partial charge in [0.25, 0.3) is 0 Å². The van der Waals surface area contributed by atoms with Crippen LogP contribution in [0, 0.1) is 0 Å². The van der Waals surface area contributed by atoms with Crippen LogP contribution in [0.2, 0.25) is 17.5 Å². The maximum atomic E-state index is 2.38. The highest BCUT2D eigenvalue weighted by Crippen LogP contribution is 2.43. The van der Waals surface area contributed by atoms with Crippen LogP contribution in [0.15, 0.2) is 0 Å². The molecule has 1 saturated carbocycles. The predicted octanol–water partition coefficient (Wildman–Crippen LogP) is -0.955. The van der Waals surface area contributed by atoms with Gasteiger partial charge in [0.15, 0.2) is 0 Å². The second-order valence-corrected chi connectivity index (χ2v) is 3.39. The van der Waals surface area contributed by atoms with E-state index in [1.54, 1.807) is 0 Å². The Bertz CT molecular complexity index is 73.7. The molecule has 0 aromatic heterocycles. The Hall–Kier alpha value is 0.195. The molecule has 0 amide bonds. The lowest BCUT2D eigenvalue weighted by Crippen LogP contribution is -1.99. The SMILES string of the molecule is BC1CCC(B)C1B. The smallest absolute Gasteiger partial charge is 0.0781 e. The van der Waals surface area contributed by atoms with Crippen molar-refractivity contribution < 1.29 is 0 Å². The molecule has 0 aromatic rings. The summed E-state index contributed by atoms with van der Waals surface area (Å²) in [5, 5.41) is 0. The van der Waals surface area contributed by atoms with Crippen LogP contribution in [-0.4, -0.2) is 23.5 Å². The van der Waals surface area contributed by atoms with Gasteiger partial charge >= 0.3 is 0 Å². The van der Waals surface area contributed by atoms with Crippen LogP contribution in [0.5, 0.6) is 0 Å². The van der Waals surface area contributed by atoms with Gasteiger partial charge < -0.3 is 0 Å². The third-order valence-electron chi connectivity index (χ3n) is 2.87. The fourth-order valence-electron chi connectivity index (χ4n) is 1.61. The van der Waals surface area contributed by atoms with Gasteiger partial charge in [-0.25, -0.2) is 0 Å². The molecule has 8 heavy (non-hydrogen) atoms. The largest absolute Gasteiger partial charge is 0.104 e. The van der Waals surface area contributed by atoms with Crippen molar-refractivity contribution in [3.8, 4) is 0 Å². The maximum absolute atomic E-state index is 2.38. The van der Waals surface area contributed by atoms with Gasteiger partial charge in [-0.15, -0.1) is 0 Å². The van der Waals surface area contributed by atoms with Crippen molar-refractivity contribution in [1.29, 1.82) is 0 Å². The number of hydrogen-bond acceptors (Lipinski definition) is 0. The Kier molecular flexibility index (Phi) is 1.74. The standard InChI is InChI=1S/C5H13B3/c6-3-1-2-4(7)5(3)8/h3-5H,1-2,6-8H2. The lowest BCUT2D eigenvalue weighted by atomic mass is 9.61. The monoisotopic (exact) mass is 106 g/mol. The average Bonchev–Trinajstić information content (AvgIpc) is 1.98. The molecule has 0 aliphatic heterocycles. The second kappa shape index (κ2) is 2.20. The highest BCUT2D eigenvalue weighted by molar-refractivity contribution is 6.27. The van der Waals surface area contributed by atoms with Crippen molar-refractivity contribution in [3.63, 3.8) is 0 Å². The lowest BCUT2D eigenvalue weighted by molar-refractivity contribution is 0.872. The molecule has 0 nitrogen and oxygen atoms in total. The third-order valence-corrected chi connectivity index (χ3v) is 2.87. The minimum absolute atomic E-state index is 0.981. The van der Waals surface area contributed by atoms with Crippen molar-refractivity contribution in [2.75, 3.05) is 0 Å².